The highest BCUT2D eigenvalue weighted by Crippen LogP contribution is 2.55. The molecule has 2 aliphatic heterocycles. The van der Waals surface area contributed by atoms with Gasteiger partial charge in [-0.3, -0.25) is 19.4 Å². The Morgan fingerprint density at radius 3 is 2.24 bits per heavy atom. The van der Waals surface area contributed by atoms with Gasteiger partial charge in [0.15, 0.2) is 0 Å². The number of nitrogens with one attached hydrogen (secondary N) is 1. The van der Waals surface area contributed by atoms with Gasteiger partial charge < -0.3 is 15.0 Å². The van der Waals surface area contributed by atoms with E-state index >= 15 is 0 Å². The van der Waals surface area contributed by atoms with Crippen molar-refractivity contribution >= 4 is 17.9 Å². The van der Waals surface area contributed by atoms with Crippen LogP contribution in [0, 0.1) is 16.7 Å². The standard InChI is InChI=1S/C35H42FN5O4/c36-28-19-30(20-37)40(22-28)31(42)24-41(33(44)45-25-27-9-5-2-6-10-27)35-15-12-34(13-16-35,14-17-35)32(43)38-29-11-18-39(23-29)21-26-7-3-1-4-8-26/h1-10,28-30H,11-19,21-25H2,(H,38,43). The molecule has 0 spiro atoms. The van der Waals surface area contributed by atoms with Gasteiger partial charge in [0.1, 0.15) is 25.4 Å². The highest BCUT2D eigenvalue weighted by molar-refractivity contribution is 5.85. The fraction of sp³-hybridized carbons (Fsp3) is 0.543. The average Bonchev–Trinajstić information content (AvgIpc) is 3.69. The molecule has 10 heteroatoms. The van der Waals surface area contributed by atoms with Gasteiger partial charge in [-0.2, -0.15) is 5.26 Å². The van der Waals surface area contributed by atoms with Crippen molar-refractivity contribution < 1.29 is 23.5 Å². The van der Waals surface area contributed by atoms with E-state index in [9.17, 15) is 24.0 Å². The molecular formula is C35H42FN5O4. The van der Waals surface area contributed by atoms with Crippen LogP contribution in [0.15, 0.2) is 60.7 Å². The van der Waals surface area contributed by atoms with Gasteiger partial charge in [-0.15, -0.1) is 0 Å². The maximum absolute atomic E-state index is 14.2. The number of alkyl halides is 1. The predicted molar refractivity (Wildman–Crippen MR) is 165 cm³/mol. The molecule has 3 saturated carbocycles. The largest absolute Gasteiger partial charge is 0.445 e. The summed E-state index contributed by atoms with van der Waals surface area (Å²) in [5, 5.41) is 12.9. The number of hydrogen-bond donors (Lipinski definition) is 1. The fourth-order valence-corrected chi connectivity index (χ4v) is 7.82. The average molecular weight is 616 g/mol. The van der Waals surface area contributed by atoms with Gasteiger partial charge in [-0.25, -0.2) is 9.18 Å². The first kappa shape index (κ1) is 31.0. The summed E-state index contributed by atoms with van der Waals surface area (Å²) < 4.78 is 19.9. The molecule has 3 aliphatic carbocycles. The number of amides is 3. The van der Waals surface area contributed by atoms with Gasteiger partial charge >= 0.3 is 6.09 Å². The minimum atomic E-state index is -1.26. The highest BCUT2D eigenvalue weighted by Gasteiger charge is 2.56. The van der Waals surface area contributed by atoms with Crippen molar-refractivity contribution in [2.24, 2.45) is 5.41 Å². The molecule has 2 heterocycles. The van der Waals surface area contributed by atoms with Crippen LogP contribution in [0.3, 0.4) is 0 Å². The Labute approximate surface area is 264 Å². The molecule has 2 aromatic rings. The molecule has 1 N–H and O–H groups in total. The summed E-state index contributed by atoms with van der Waals surface area (Å²) in [5.74, 6) is -0.353. The predicted octanol–water partition coefficient (Wildman–Crippen LogP) is 4.57. The number of nitrogens with zero attached hydrogens (tertiary/aromatic N) is 4. The monoisotopic (exact) mass is 615 g/mol. The first-order chi connectivity index (χ1) is 21.8. The number of ether oxygens (including phenoxy) is 1. The molecule has 0 radical (unpaired) electrons. The number of fused-ring (bicyclic) bond motifs is 3. The minimum Gasteiger partial charge on any atom is -0.445 e. The lowest BCUT2D eigenvalue weighted by atomic mass is 9.56. The van der Waals surface area contributed by atoms with Crippen LogP contribution in [0.5, 0.6) is 0 Å². The van der Waals surface area contributed by atoms with Crippen molar-refractivity contribution in [3.05, 3.63) is 71.8 Å². The molecular weight excluding hydrogens is 573 g/mol. The number of halogens is 1. The molecule has 45 heavy (non-hydrogen) atoms. The summed E-state index contributed by atoms with van der Waals surface area (Å²) >= 11 is 0. The van der Waals surface area contributed by atoms with Crippen LogP contribution >= 0.6 is 0 Å². The van der Waals surface area contributed by atoms with Crippen molar-refractivity contribution in [3.63, 3.8) is 0 Å². The van der Waals surface area contributed by atoms with E-state index in [4.69, 9.17) is 4.74 Å². The van der Waals surface area contributed by atoms with Crippen LogP contribution in [-0.2, 0) is 27.5 Å². The van der Waals surface area contributed by atoms with E-state index in [0.717, 1.165) is 31.6 Å². The third kappa shape index (κ3) is 6.69. The Hall–Kier alpha value is -3.97. The van der Waals surface area contributed by atoms with Crippen molar-refractivity contribution in [3.8, 4) is 6.07 Å². The molecule has 7 rings (SSSR count). The third-order valence-corrected chi connectivity index (χ3v) is 10.6. The normalized spacial score (nSPS) is 29.2. The van der Waals surface area contributed by atoms with Crippen molar-refractivity contribution in [2.75, 3.05) is 26.2 Å². The van der Waals surface area contributed by atoms with Crippen LogP contribution in [0.1, 0.15) is 62.5 Å². The minimum absolute atomic E-state index is 0.0194. The smallest absolute Gasteiger partial charge is 0.411 e. The number of nitriles is 1. The number of rotatable bonds is 9. The fourth-order valence-electron chi connectivity index (χ4n) is 7.82. The van der Waals surface area contributed by atoms with E-state index in [1.165, 1.54) is 15.4 Å². The van der Waals surface area contributed by atoms with Crippen molar-refractivity contribution in [2.45, 2.75) is 88.3 Å². The zero-order valence-corrected chi connectivity index (χ0v) is 25.7. The zero-order valence-electron chi connectivity index (χ0n) is 25.7. The van der Waals surface area contributed by atoms with Crippen LogP contribution in [-0.4, -0.2) is 82.6 Å². The Balaban J connectivity index is 1.11. The number of carbonyl (C=O) groups excluding carboxylic acids is 3. The summed E-state index contributed by atoms with van der Waals surface area (Å²) in [5.41, 5.74) is 0.973. The molecule has 9 nitrogen and oxygen atoms in total. The first-order valence-electron chi connectivity index (χ1n) is 16.2. The van der Waals surface area contributed by atoms with Gasteiger partial charge in [0.25, 0.3) is 0 Å². The summed E-state index contributed by atoms with van der Waals surface area (Å²) in [6.45, 7) is 2.27. The summed E-state index contributed by atoms with van der Waals surface area (Å²) in [6.07, 6.45) is 2.62. The molecule has 0 aromatic heterocycles. The quantitative estimate of drug-likeness (QED) is 0.443. The van der Waals surface area contributed by atoms with Gasteiger partial charge in [-0.1, -0.05) is 60.7 Å². The summed E-state index contributed by atoms with van der Waals surface area (Å²) in [4.78, 5) is 46.1. The summed E-state index contributed by atoms with van der Waals surface area (Å²) in [7, 11) is 0. The molecule has 3 atom stereocenters. The van der Waals surface area contributed by atoms with Crippen molar-refractivity contribution in [1.29, 1.82) is 5.26 Å². The lowest BCUT2D eigenvalue weighted by molar-refractivity contribution is -0.145. The molecule has 2 aromatic carbocycles. The Morgan fingerprint density at radius 1 is 0.956 bits per heavy atom. The van der Waals surface area contributed by atoms with E-state index in [1.807, 2.05) is 54.6 Å². The molecule has 238 valence electrons. The molecule has 2 bridgehead atoms. The van der Waals surface area contributed by atoms with Gasteiger partial charge in [0.05, 0.1) is 12.6 Å². The van der Waals surface area contributed by atoms with Crippen LogP contribution < -0.4 is 5.32 Å². The van der Waals surface area contributed by atoms with E-state index in [1.54, 1.807) is 0 Å². The lowest BCUT2D eigenvalue weighted by Crippen LogP contribution is -2.63. The maximum Gasteiger partial charge on any atom is 0.411 e. The van der Waals surface area contributed by atoms with E-state index in [0.29, 0.717) is 38.5 Å². The van der Waals surface area contributed by atoms with Crippen LogP contribution in [0.4, 0.5) is 9.18 Å². The van der Waals surface area contributed by atoms with Gasteiger partial charge in [0, 0.05) is 43.1 Å². The number of carbonyl (C=O) groups is 3. The second-order valence-corrected chi connectivity index (χ2v) is 13.3. The lowest BCUT2D eigenvalue weighted by Gasteiger charge is -2.56. The molecule has 5 fully saturated rings. The number of benzene rings is 2. The molecule has 3 amide bonds. The van der Waals surface area contributed by atoms with Gasteiger partial charge in [-0.05, 0) is 56.1 Å². The van der Waals surface area contributed by atoms with Crippen molar-refractivity contribution in [1.82, 2.24) is 20.0 Å². The Kier molecular flexibility index (Phi) is 9.09. The Bertz CT molecular complexity index is 1390. The number of likely N-dealkylation sites (tertiary alicyclic amines) is 2. The van der Waals surface area contributed by atoms with E-state index in [-0.39, 0.29) is 38.1 Å². The van der Waals surface area contributed by atoms with Gasteiger partial charge in [0.2, 0.25) is 11.8 Å². The molecule has 3 unspecified atom stereocenters. The molecule has 2 saturated heterocycles. The Morgan fingerprint density at radius 2 is 1.60 bits per heavy atom. The van der Waals surface area contributed by atoms with E-state index < -0.39 is 35.2 Å². The van der Waals surface area contributed by atoms with Crippen LogP contribution in [0.2, 0.25) is 0 Å². The SMILES string of the molecule is N#CC1CC(F)CN1C(=O)CN(C(=O)OCc1ccccc1)C12CCC(C(=O)NC3CCN(Cc4ccccc4)C3)(CC1)CC2. The highest BCUT2D eigenvalue weighted by atomic mass is 19.1. The second-order valence-electron chi connectivity index (χ2n) is 13.3. The van der Waals surface area contributed by atoms with Crippen LogP contribution in [0.25, 0.3) is 0 Å². The molecule has 5 aliphatic rings. The summed E-state index contributed by atoms with van der Waals surface area (Å²) in [6, 6.07) is 21.0. The van der Waals surface area contributed by atoms with E-state index in [2.05, 4.69) is 22.3 Å². The number of hydrogen-bond acceptors (Lipinski definition) is 6. The maximum atomic E-state index is 14.2. The second kappa shape index (κ2) is 13.2. The first-order valence-corrected chi connectivity index (χ1v) is 16.2. The topological polar surface area (TPSA) is 106 Å². The third-order valence-electron chi connectivity index (χ3n) is 10.6. The zero-order chi connectivity index (χ0) is 31.4.